The lowest BCUT2D eigenvalue weighted by molar-refractivity contribution is 0.0103. The fraction of sp³-hybridized carbons (Fsp3) is 0.625. The largest absolute Gasteiger partial charge is 0.379 e. The van der Waals surface area contributed by atoms with E-state index in [1.165, 1.54) is 11.3 Å². The van der Waals surface area contributed by atoms with E-state index < -0.39 is 5.91 Å². The number of primary amides is 1. The summed E-state index contributed by atoms with van der Waals surface area (Å²) in [5.74, 6) is 0.0254. The molecule has 2 amide bonds. The van der Waals surface area contributed by atoms with E-state index in [0.717, 1.165) is 45.8 Å². The van der Waals surface area contributed by atoms with Crippen molar-refractivity contribution in [2.75, 3.05) is 39.4 Å². The number of hydrogen-bond acceptors (Lipinski definition) is 5. The molecule has 23 heavy (non-hydrogen) atoms. The van der Waals surface area contributed by atoms with Crippen LogP contribution in [0.4, 0.5) is 0 Å². The van der Waals surface area contributed by atoms with Crippen LogP contribution in [0.3, 0.4) is 0 Å². The first-order chi connectivity index (χ1) is 11.1. The Kier molecular flexibility index (Phi) is 4.99. The van der Waals surface area contributed by atoms with E-state index in [-0.39, 0.29) is 5.91 Å². The number of thiophene rings is 1. The van der Waals surface area contributed by atoms with Crippen molar-refractivity contribution in [3.05, 3.63) is 21.9 Å². The molecular formula is C16H23N3O3S. The number of morpholine rings is 1. The lowest BCUT2D eigenvalue weighted by Gasteiger charge is -2.34. The fourth-order valence-electron chi connectivity index (χ4n) is 3.48. The first-order valence-electron chi connectivity index (χ1n) is 8.11. The third-order valence-corrected chi connectivity index (χ3v) is 5.88. The average molecular weight is 337 g/mol. The molecule has 0 bridgehead atoms. The number of nitrogens with zero attached hydrogens (tertiary/aromatic N) is 2. The van der Waals surface area contributed by atoms with Crippen molar-refractivity contribution in [1.82, 2.24) is 9.80 Å². The van der Waals surface area contributed by atoms with Gasteiger partial charge in [0.1, 0.15) is 0 Å². The van der Waals surface area contributed by atoms with E-state index in [2.05, 4.69) is 11.8 Å². The first-order valence-corrected chi connectivity index (χ1v) is 8.92. The van der Waals surface area contributed by atoms with Gasteiger partial charge in [-0.2, -0.15) is 0 Å². The van der Waals surface area contributed by atoms with E-state index in [1.54, 1.807) is 12.1 Å². The van der Waals surface area contributed by atoms with Gasteiger partial charge in [-0.3, -0.25) is 14.5 Å². The Morgan fingerprint density at radius 2 is 1.96 bits per heavy atom. The van der Waals surface area contributed by atoms with Crippen LogP contribution in [0.15, 0.2) is 12.1 Å². The summed E-state index contributed by atoms with van der Waals surface area (Å²) in [4.78, 5) is 29.3. The molecule has 2 aliphatic heterocycles. The van der Waals surface area contributed by atoms with Crippen molar-refractivity contribution < 1.29 is 14.3 Å². The van der Waals surface area contributed by atoms with E-state index in [9.17, 15) is 9.59 Å². The molecule has 0 aliphatic carbocycles. The van der Waals surface area contributed by atoms with E-state index >= 15 is 0 Å². The molecule has 2 unspecified atom stereocenters. The molecule has 2 N–H and O–H groups in total. The van der Waals surface area contributed by atoms with Crippen LogP contribution in [-0.2, 0) is 4.74 Å². The number of carbonyl (C=O) groups is 2. The Labute approximate surface area is 140 Å². The number of nitrogens with two attached hydrogens (primary N) is 1. The summed E-state index contributed by atoms with van der Waals surface area (Å²) < 4.78 is 5.43. The molecule has 2 atom stereocenters. The predicted octanol–water partition coefficient (Wildman–Crippen LogP) is 1.03. The highest BCUT2D eigenvalue weighted by atomic mass is 32.1. The molecule has 126 valence electrons. The summed E-state index contributed by atoms with van der Waals surface area (Å²) in [5.41, 5.74) is 5.27. The van der Waals surface area contributed by atoms with Crippen LogP contribution < -0.4 is 5.73 Å². The third-order valence-electron chi connectivity index (χ3n) is 4.79. The molecule has 0 radical (unpaired) electrons. The zero-order chi connectivity index (χ0) is 16.4. The third kappa shape index (κ3) is 3.41. The Bertz CT molecular complexity index is 583. The summed E-state index contributed by atoms with van der Waals surface area (Å²) in [6.45, 7) is 7.13. The molecule has 7 heteroatoms. The van der Waals surface area contributed by atoms with Crippen LogP contribution in [0.5, 0.6) is 0 Å². The molecule has 3 heterocycles. The fourth-order valence-corrected chi connectivity index (χ4v) is 4.31. The lowest BCUT2D eigenvalue weighted by atomic mass is 9.99. The predicted molar refractivity (Wildman–Crippen MR) is 88.7 cm³/mol. The van der Waals surface area contributed by atoms with E-state index in [1.807, 2.05) is 4.90 Å². The smallest absolute Gasteiger partial charge is 0.264 e. The highest BCUT2D eigenvalue weighted by molar-refractivity contribution is 7.15. The molecular weight excluding hydrogens is 314 g/mol. The maximum atomic E-state index is 12.7. The second-order valence-corrected chi connectivity index (χ2v) is 7.21. The molecule has 0 spiro atoms. The molecule has 0 saturated carbocycles. The highest BCUT2D eigenvalue weighted by Crippen LogP contribution is 2.28. The van der Waals surface area contributed by atoms with Crippen molar-refractivity contribution in [2.45, 2.75) is 19.4 Å². The SMILES string of the molecule is CCC1CN(C(=O)c2ccc(C(N)=O)s2)CC1N1CCOCC1. The standard InChI is InChI=1S/C16H23N3O3S/c1-2-11-9-19(10-12(11)18-5-7-22-8-6-18)16(21)14-4-3-13(23-14)15(17)20/h3-4,11-12H,2,5-10H2,1H3,(H2,17,20). The van der Waals surface area contributed by atoms with Crippen molar-refractivity contribution in [3.8, 4) is 0 Å². The average Bonchev–Trinajstić information content (AvgIpc) is 3.22. The van der Waals surface area contributed by atoms with Crippen LogP contribution in [0, 0.1) is 5.92 Å². The van der Waals surface area contributed by atoms with Gasteiger partial charge >= 0.3 is 0 Å². The summed E-state index contributed by atoms with van der Waals surface area (Å²) >= 11 is 1.18. The minimum Gasteiger partial charge on any atom is -0.379 e. The van der Waals surface area contributed by atoms with Gasteiger partial charge in [-0.15, -0.1) is 11.3 Å². The minimum atomic E-state index is -0.479. The van der Waals surface area contributed by atoms with Gasteiger partial charge in [-0.05, 0) is 18.1 Å². The van der Waals surface area contributed by atoms with Crippen molar-refractivity contribution in [2.24, 2.45) is 11.7 Å². The molecule has 2 saturated heterocycles. The van der Waals surface area contributed by atoms with Crippen LogP contribution in [-0.4, -0.2) is 67.0 Å². The van der Waals surface area contributed by atoms with Crippen molar-refractivity contribution in [1.29, 1.82) is 0 Å². The Morgan fingerprint density at radius 3 is 2.57 bits per heavy atom. The number of likely N-dealkylation sites (tertiary alicyclic amines) is 1. The van der Waals surface area contributed by atoms with Gasteiger partial charge in [0.15, 0.2) is 0 Å². The topological polar surface area (TPSA) is 75.9 Å². The van der Waals surface area contributed by atoms with Crippen LogP contribution >= 0.6 is 11.3 Å². The van der Waals surface area contributed by atoms with Gasteiger partial charge < -0.3 is 15.4 Å². The van der Waals surface area contributed by atoms with Gasteiger partial charge in [0, 0.05) is 32.2 Å². The highest BCUT2D eigenvalue weighted by Gasteiger charge is 2.38. The summed E-state index contributed by atoms with van der Waals surface area (Å²) in [6, 6.07) is 3.74. The molecule has 2 aliphatic rings. The maximum absolute atomic E-state index is 12.7. The Balaban J connectivity index is 1.70. The Hall–Kier alpha value is -1.44. The van der Waals surface area contributed by atoms with Gasteiger partial charge in [0.25, 0.3) is 11.8 Å². The number of rotatable bonds is 4. The van der Waals surface area contributed by atoms with Crippen molar-refractivity contribution >= 4 is 23.2 Å². The number of carbonyl (C=O) groups excluding carboxylic acids is 2. The normalized spacial score (nSPS) is 25.7. The van der Waals surface area contributed by atoms with Gasteiger partial charge in [-0.1, -0.05) is 13.3 Å². The summed E-state index contributed by atoms with van der Waals surface area (Å²) in [7, 11) is 0. The van der Waals surface area contributed by atoms with E-state index in [0.29, 0.717) is 21.7 Å². The molecule has 3 rings (SSSR count). The maximum Gasteiger partial charge on any atom is 0.264 e. The Morgan fingerprint density at radius 1 is 1.26 bits per heavy atom. The second kappa shape index (κ2) is 6.98. The molecule has 1 aromatic rings. The minimum absolute atomic E-state index is 0.0108. The molecule has 0 aromatic carbocycles. The number of amides is 2. The first kappa shape index (κ1) is 16.4. The lowest BCUT2D eigenvalue weighted by Crippen LogP contribution is -2.47. The second-order valence-electron chi connectivity index (χ2n) is 6.12. The van der Waals surface area contributed by atoms with Crippen molar-refractivity contribution in [3.63, 3.8) is 0 Å². The van der Waals surface area contributed by atoms with Crippen LogP contribution in [0.1, 0.15) is 32.7 Å². The van der Waals surface area contributed by atoms with Crippen LogP contribution in [0.2, 0.25) is 0 Å². The number of ether oxygens (including phenoxy) is 1. The van der Waals surface area contributed by atoms with Gasteiger partial charge in [0.05, 0.1) is 23.0 Å². The molecule has 6 nitrogen and oxygen atoms in total. The van der Waals surface area contributed by atoms with Gasteiger partial charge in [-0.25, -0.2) is 0 Å². The number of hydrogen-bond donors (Lipinski definition) is 1. The molecule has 1 aromatic heterocycles. The quantitative estimate of drug-likeness (QED) is 0.890. The van der Waals surface area contributed by atoms with Crippen LogP contribution in [0.25, 0.3) is 0 Å². The zero-order valence-corrected chi connectivity index (χ0v) is 14.2. The monoisotopic (exact) mass is 337 g/mol. The van der Waals surface area contributed by atoms with Gasteiger partial charge in [0.2, 0.25) is 0 Å². The van der Waals surface area contributed by atoms with E-state index in [4.69, 9.17) is 10.5 Å². The zero-order valence-electron chi connectivity index (χ0n) is 13.4. The summed E-state index contributed by atoms with van der Waals surface area (Å²) in [6.07, 6.45) is 1.06. The summed E-state index contributed by atoms with van der Waals surface area (Å²) in [5, 5.41) is 0. The molecule has 2 fully saturated rings.